The van der Waals surface area contributed by atoms with Crippen molar-refractivity contribution in [1.82, 2.24) is 9.88 Å². The number of rotatable bonds is 6. The average molecular weight is 440 g/mol. The summed E-state index contributed by atoms with van der Waals surface area (Å²) in [5.41, 5.74) is 2.29. The first-order chi connectivity index (χ1) is 12.9. The van der Waals surface area contributed by atoms with Gasteiger partial charge in [-0.1, -0.05) is 41.1 Å². The Morgan fingerprint density at radius 2 is 1.89 bits per heavy atom. The maximum Gasteiger partial charge on any atom is 0.260 e. The number of fused-ring (bicyclic) bond motifs is 1. The third kappa shape index (κ3) is 4.58. The Bertz CT molecular complexity index is 975. The van der Waals surface area contributed by atoms with Crippen molar-refractivity contribution in [1.29, 1.82) is 0 Å². The Kier molecular flexibility index (Phi) is 7.66. The Morgan fingerprint density at radius 1 is 1.18 bits per heavy atom. The molecule has 1 amide bonds. The molecule has 1 aromatic heterocycles. The molecule has 8 heteroatoms. The van der Waals surface area contributed by atoms with Gasteiger partial charge < -0.3 is 9.64 Å². The van der Waals surface area contributed by atoms with Gasteiger partial charge in [0.05, 0.1) is 16.8 Å². The molecule has 0 saturated carbocycles. The first kappa shape index (κ1) is 22.4. The molecule has 2 aromatic carbocycles. The molecule has 0 aliphatic carbocycles. The fourth-order valence-electron chi connectivity index (χ4n) is 2.76. The van der Waals surface area contributed by atoms with Gasteiger partial charge in [-0.3, -0.25) is 9.69 Å². The maximum atomic E-state index is 13.3. The van der Waals surface area contributed by atoms with Gasteiger partial charge in [-0.25, -0.2) is 4.98 Å². The summed E-state index contributed by atoms with van der Waals surface area (Å²) in [6.45, 7) is 3.19. The lowest BCUT2D eigenvalue weighted by Gasteiger charge is -2.22. The van der Waals surface area contributed by atoms with Gasteiger partial charge in [0.15, 0.2) is 5.13 Å². The molecule has 3 aromatic rings. The summed E-state index contributed by atoms with van der Waals surface area (Å²) in [7, 11) is 5.56. The number of halogens is 2. The second-order valence-corrected chi connectivity index (χ2v) is 7.88. The summed E-state index contributed by atoms with van der Waals surface area (Å²) in [6, 6.07) is 11.2. The highest BCUT2D eigenvalue weighted by molar-refractivity contribution is 7.23. The van der Waals surface area contributed by atoms with E-state index >= 15 is 0 Å². The minimum Gasteiger partial charge on any atom is -0.494 e. The number of nitrogens with zero attached hydrogens (tertiary/aromatic N) is 3. The van der Waals surface area contributed by atoms with Crippen LogP contribution in [0.25, 0.3) is 10.2 Å². The zero-order valence-electron chi connectivity index (χ0n) is 16.2. The molecule has 0 atom stereocenters. The average Bonchev–Trinajstić information content (AvgIpc) is 3.08. The van der Waals surface area contributed by atoms with Gasteiger partial charge in [-0.15, -0.1) is 12.4 Å². The minimum absolute atomic E-state index is 0. The van der Waals surface area contributed by atoms with Crippen molar-refractivity contribution in [3.05, 3.63) is 52.5 Å². The zero-order valence-corrected chi connectivity index (χ0v) is 18.6. The minimum atomic E-state index is -0.0657. The van der Waals surface area contributed by atoms with E-state index in [4.69, 9.17) is 21.3 Å². The van der Waals surface area contributed by atoms with Crippen LogP contribution in [0.3, 0.4) is 0 Å². The number of methoxy groups -OCH3 is 1. The van der Waals surface area contributed by atoms with Crippen molar-refractivity contribution >= 4 is 56.6 Å². The highest BCUT2D eigenvalue weighted by Gasteiger charge is 2.24. The Labute approximate surface area is 180 Å². The molecule has 0 aliphatic heterocycles. The van der Waals surface area contributed by atoms with E-state index in [0.29, 0.717) is 33.5 Å². The number of hydrogen-bond donors (Lipinski definition) is 0. The summed E-state index contributed by atoms with van der Waals surface area (Å²) in [6.07, 6.45) is 0. The molecular weight excluding hydrogens is 417 g/mol. The second kappa shape index (κ2) is 9.56. The number of benzene rings is 2. The van der Waals surface area contributed by atoms with Crippen molar-refractivity contribution in [3.8, 4) is 5.75 Å². The third-order valence-corrected chi connectivity index (χ3v) is 5.83. The van der Waals surface area contributed by atoms with Crippen LogP contribution in [-0.4, -0.2) is 50.1 Å². The quantitative estimate of drug-likeness (QED) is 0.547. The third-order valence-electron chi connectivity index (χ3n) is 4.29. The van der Waals surface area contributed by atoms with E-state index in [0.717, 1.165) is 16.8 Å². The van der Waals surface area contributed by atoms with Crippen LogP contribution in [0.15, 0.2) is 36.4 Å². The highest BCUT2D eigenvalue weighted by atomic mass is 35.5. The molecule has 1 heterocycles. The van der Waals surface area contributed by atoms with Crippen LogP contribution in [-0.2, 0) is 0 Å². The van der Waals surface area contributed by atoms with Gasteiger partial charge in [-0.2, -0.15) is 0 Å². The van der Waals surface area contributed by atoms with Gasteiger partial charge in [0.25, 0.3) is 5.91 Å². The van der Waals surface area contributed by atoms with E-state index in [-0.39, 0.29) is 18.3 Å². The van der Waals surface area contributed by atoms with Gasteiger partial charge >= 0.3 is 0 Å². The molecule has 0 fully saturated rings. The molecule has 0 spiro atoms. The smallest absolute Gasteiger partial charge is 0.260 e. The fourth-order valence-corrected chi connectivity index (χ4v) is 4.04. The molecule has 0 radical (unpaired) electrons. The Morgan fingerprint density at radius 3 is 2.54 bits per heavy atom. The van der Waals surface area contributed by atoms with Gasteiger partial charge in [-0.05, 0) is 44.8 Å². The Balaban J connectivity index is 0.00000280. The maximum absolute atomic E-state index is 13.3. The molecule has 5 nitrogen and oxygen atoms in total. The molecule has 150 valence electrons. The monoisotopic (exact) mass is 439 g/mol. The molecule has 0 bridgehead atoms. The molecule has 3 rings (SSSR count). The topological polar surface area (TPSA) is 45.7 Å². The van der Waals surface area contributed by atoms with Crippen LogP contribution in [0.4, 0.5) is 5.13 Å². The predicted molar refractivity (Wildman–Crippen MR) is 120 cm³/mol. The van der Waals surface area contributed by atoms with Gasteiger partial charge in [0, 0.05) is 18.7 Å². The van der Waals surface area contributed by atoms with Crippen LogP contribution < -0.4 is 9.64 Å². The normalized spacial score (nSPS) is 10.8. The van der Waals surface area contributed by atoms with Crippen molar-refractivity contribution in [2.45, 2.75) is 6.92 Å². The number of amides is 1. The number of anilines is 1. The van der Waals surface area contributed by atoms with Crippen LogP contribution in [0.1, 0.15) is 15.9 Å². The molecule has 0 N–H and O–H groups in total. The van der Waals surface area contributed by atoms with Crippen LogP contribution in [0.5, 0.6) is 5.75 Å². The van der Waals surface area contributed by atoms with Gasteiger partial charge in [0.1, 0.15) is 11.3 Å². The number of carbonyl (C=O) groups is 1. The molecular formula is C20H23Cl2N3O2S. The number of aryl methyl sites for hydroxylation is 1. The molecule has 0 unspecified atom stereocenters. The van der Waals surface area contributed by atoms with Crippen molar-refractivity contribution < 1.29 is 9.53 Å². The van der Waals surface area contributed by atoms with E-state index < -0.39 is 0 Å². The number of likely N-dealkylation sites (N-methyl/N-ethyl adjacent to an activating group) is 1. The number of carbonyl (C=O) groups excluding carboxylic acids is 1. The first-order valence-corrected chi connectivity index (χ1v) is 9.77. The van der Waals surface area contributed by atoms with Crippen molar-refractivity contribution in [3.63, 3.8) is 0 Å². The van der Waals surface area contributed by atoms with Crippen LogP contribution in [0, 0.1) is 6.92 Å². The van der Waals surface area contributed by atoms with E-state index in [1.165, 1.54) is 11.3 Å². The van der Waals surface area contributed by atoms with E-state index in [1.807, 2.05) is 50.2 Å². The number of thiazole rings is 1. The van der Waals surface area contributed by atoms with Crippen molar-refractivity contribution in [2.75, 3.05) is 39.2 Å². The number of ether oxygens (including phenoxy) is 1. The predicted octanol–water partition coefficient (Wildman–Crippen LogP) is 4.90. The lowest BCUT2D eigenvalue weighted by atomic mass is 10.1. The van der Waals surface area contributed by atoms with E-state index in [2.05, 4.69) is 0 Å². The van der Waals surface area contributed by atoms with E-state index in [1.54, 1.807) is 24.1 Å². The summed E-state index contributed by atoms with van der Waals surface area (Å²) < 4.78 is 6.23. The highest BCUT2D eigenvalue weighted by Crippen LogP contribution is 2.39. The van der Waals surface area contributed by atoms with Crippen LogP contribution >= 0.6 is 35.3 Å². The summed E-state index contributed by atoms with van der Waals surface area (Å²) in [4.78, 5) is 21.8. The molecule has 0 saturated heterocycles. The zero-order chi connectivity index (χ0) is 19.6. The number of hydrogen-bond acceptors (Lipinski definition) is 5. The summed E-state index contributed by atoms with van der Waals surface area (Å²) in [5.74, 6) is 0.580. The second-order valence-electron chi connectivity index (χ2n) is 6.50. The standard InChI is InChI=1S/C20H22ClN3O2S.ClH/c1-13-7-5-6-8-14(13)19(25)24(12-11-23(2)3)20-22-17-16(26-4)10-9-15(21)18(17)27-20;/h5-10H,11-12H2,1-4H3;1H. The SMILES string of the molecule is COc1ccc(Cl)c2sc(N(CCN(C)C)C(=O)c3ccccc3C)nc12.Cl. The summed E-state index contributed by atoms with van der Waals surface area (Å²) >= 11 is 7.76. The summed E-state index contributed by atoms with van der Waals surface area (Å²) in [5, 5.41) is 1.22. The van der Waals surface area contributed by atoms with Gasteiger partial charge in [0.2, 0.25) is 0 Å². The molecule has 0 aliphatic rings. The van der Waals surface area contributed by atoms with Crippen LogP contribution in [0.2, 0.25) is 5.02 Å². The largest absolute Gasteiger partial charge is 0.494 e. The van der Waals surface area contributed by atoms with Crippen molar-refractivity contribution in [2.24, 2.45) is 0 Å². The fraction of sp³-hybridized carbons (Fsp3) is 0.300. The first-order valence-electron chi connectivity index (χ1n) is 8.57. The lowest BCUT2D eigenvalue weighted by Crippen LogP contribution is -2.37. The Hall–Kier alpha value is -1.86. The molecule has 28 heavy (non-hydrogen) atoms. The lowest BCUT2D eigenvalue weighted by molar-refractivity contribution is 0.0984. The van der Waals surface area contributed by atoms with E-state index in [9.17, 15) is 4.79 Å². The number of aromatic nitrogens is 1.